The third-order valence-corrected chi connectivity index (χ3v) is 2.60. The average Bonchev–Trinajstić information content (AvgIpc) is 2.40. The van der Waals surface area contributed by atoms with Crippen molar-refractivity contribution in [1.82, 2.24) is 4.98 Å². The number of carbonyl (C=O) groups is 1. The summed E-state index contributed by atoms with van der Waals surface area (Å²) in [6.07, 6.45) is 1.59. The molecule has 1 aromatic carbocycles. The second-order valence-corrected chi connectivity index (χ2v) is 4.05. The molecule has 1 unspecified atom stereocenters. The van der Waals surface area contributed by atoms with Gasteiger partial charge in [-0.1, -0.05) is 24.3 Å². The Morgan fingerprint density at radius 2 is 1.94 bits per heavy atom. The zero-order chi connectivity index (χ0) is 13.0. The van der Waals surface area contributed by atoms with Gasteiger partial charge < -0.3 is 11.1 Å². The number of pyridine rings is 1. The Balaban J connectivity index is 2.22. The van der Waals surface area contributed by atoms with Gasteiger partial charge in [0.1, 0.15) is 5.69 Å². The number of hydrogen-bond donors (Lipinski definition) is 2. The van der Waals surface area contributed by atoms with Gasteiger partial charge in [-0.25, -0.2) is 0 Å². The minimum absolute atomic E-state index is 0.134. The highest BCUT2D eigenvalue weighted by molar-refractivity contribution is 6.03. The Kier molecular flexibility index (Phi) is 3.69. The average molecular weight is 241 g/mol. The molecule has 3 N–H and O–H groups in total. The van der Waals surface area contributed by atoms with Crippen LogP contribution in [0.4, 0.5) is 5.69 Å². The van der Waals surface area contributed by atoms with E-state index in [-0.39, 0.29) is 11.9 Å². The first-order valence-electron chi connectivity index (χ1n) is 5.75. The van der Waals surface area contributed by atoms with Gasteiger partial charge in [0.15, 0.2) is 0 Å². The van der Waals surface area contributed by atoms with Crippen LogP contribution in [-0.2, 0) is 0 Å². The molecular weight excluding hydrogens is 226 g/mol. The fourth-order valence-corrected chi connectivity index (χ4v) is 1.69. The summed E-state index contributed by atoms with van der Waals surface area (Å²) in [5.74, 6) is -0.233. The van der Waals surface area contributed by atoms with Gasteiger partial charge in [-0.15, -0.1) is 0 Å². The molecule has 0 aliphatic rings. The molecule has 1 atom stereocenters. The van der Waals surface area contributed by atoms with Crippen LogP contribution in [0.3, 0.4) is 0 Å². The van der Waals surface area contributed by atoms with Crippen molar-refractivity contribution < 1.29 is 4.79 Å². The highest BCUT2D eigenvalue weighted by Crippen LogP contribution is 2.21. The zero-order valence-corrected chi connectivity index (χ0v) is 10.1. The molecule has 0 saturated heterocycles. The van der Waals surface area contributed by atoms with E-state index >= 15 is 0 Å². The van der Waals surface area contributed by atoms with Crippen LogP contribution < -0.4 is 11.1 Å². The summed E-state index contributed by atoms with van der Waals surface area (Å²) in [5.41, 5.74) is 7.88. The number of hydrogen-bond acceptors (Lipinski definition) is 3. The van der Waals surface area contributed by atoms with E-state index in [9.17, 15) is 4.79 Å². The van der Waals surface area contributed by atoms with Gasteiger partial charge in [0.25, 0.3) is 5.91 Å². The lowest BCUT2D eigenvalue weighted by Gasteiger charge is -2.13. The Morgan fingerprint density at radius 1 is 1.22 bits per heavy atom. The van der Waals surface area contributed by atoms with Gasteiger partial charge in [-0.3, -0.25) is 9.78 Å². The maximum Gasteiger partial charge on any atom is 0.274 e. The molecule has 0 fully saturated rings. The first-order chi connectivity index (χ1) is 8.68. The topological polar surface area (TPSA) is 68.0 Å². The first-order valence-corrected chi connectivity index (χ1v) is 5.75. The number of para-hydroxylation sites is 1. The Morgan fingerprint density at radius 3 is 2.61 bits per heavy atom. The standard InChI is InChI=1S/C14H15N3O/c1-10(15)11-6-2-3-7-12(11)17-14(18)13-8-4-5-9-16-13/h2-10H,15H2,1H3,(H,17,18). The van der Waals surface area contributed by atoms with Crippen molar-refractivity contribution in [1.29, 1.82) is 0 Å². The van der Waals surface area contributed by atoms with Crippen LogP contribution in [0.5, 0.6) is 0 Å². The number of nitrogens with two attached hydrogens (primary N) is 1. The molecule has 18 heavy (non-hydrogen) atoms. The zero-order valence-electron chi connectivity index (χ0n) is 10.1. The van der Waals surface area contributed by atoms with Crippen LogP contribution in [0.15, 0.2) is 48.7 Å². The van der Waals surface area contributed by atoms with E-state index in [0.29, 0.717) is 5.69 Å². The second-order valence-electron chi connectivity index (χ2n) is 4.05. The van der Waals surface area contributed by atoms with Gasteiger partial charge in [0.05, 0.1) is 0 Å². The number of nitrogens with one attached hydrogen (secondary N) is 1. The number of aromatic nitrogens is 1. The number of nitrogens with zero attached hydrogens (tertiary/aromatic N) is 1. The van der Waals surface area contributed by atoms with Crippen LogP contribution in [0.1, 0.15) is 29.0 Å². The van der Waals surface area contributed by atoms with Crippen molar-refractivity contribution in [2.75, 3.05) is 5.32 Å². The molecule has 4 nitrogen and oxygen atoms in total. The number of benzene rings is 1. The maximum atomic E-state index is 12.0. The molecule has 0 aliphatic carbocycles. The van der Waals surface area contributed by atoms with E-state index < -0.39 is 0 Å². The smallest absolute Gasteiger partial charge is 0.274 e. The summed E-state index contributed by atoms with van der Waals surface area (Å²) in [7, 11) is 0. The fourth-order valence-electron chi connectivity index (χ4n) is 1.69. The van der Waals surface area contributed by atoms with Gasteiger partial charge in [-0.05, 0) is 30.7 Å². The Bertz CT molecular complexity index is 538. The molecule has 0 saturated carbocycles. The molecule has 1 heterocycles. The van der Waals surface area contributed by atoms with Crippen LogP contribution >= 0.6 is 0 Å². The SMILES string of the molecule is CC(N)c1ccccc1NC(=O)c1ccccn1. The molecular formula is C14H15N3O. The van der Waals surface area contributed by atoms with Crippen molar-refractivity contribution in [2.45, 2.75) is 13.0 Å². The summed E-state index contributed by atoms with van der Waals surface area (Å²) in [4.78, 5) is 16.0. The minimum Gasteiger partial charge on any atom is -0.324 e. The number of anilines is 1. The molecule has 2 aromatic rings. The Hall–Kier alpha value is -2.20. The van der Waals surface area contributed by atoms with E-state index in [2.05, 4.69) is 10.3 Å². The van der Waals surface area contributed by atoms with Crippen LogP contribution in [0.25, 0.3) is 0 Å². The highest BCUT2D eigenvalue weighted by Gasteiger charge is 2.11. The number of rotatable bonds is 3. The van der Waals surface area contributed by atoms with Gasteiger partial charge in [-0.2, -0.15) is 0 Å². The fraction of sp³-hybridized carbons (Fsp3) is 0.143. The molecule has 1 amide bonds. The summed E-state index contributed by atoms with van der Waals surface area (Å²) in [6, 6.07) is 12.6. The molecule has 0 bridgehead atoms. The second kappa shape index (κ2) is 5.42. The molecule has 1 aromatic heterocycles. The van der Waals surface area contributed by atoms with Crippen molar-refractivity contribution in [3.05, 3.63) is 59.9 Å². The lowest BCUT2D eigenvalue weighted by Crippen LogP contribution is -2.16. The van der Waals surface area contributed by atoms with Crippen molar-refractivity contribution in [3.63, 3.8) is 0 Å². The van der Waals surface area contributed by atoms with E-state index in [1.807, 2.05) is 31.2 Å². The van der Waals surface area contributed by atoms with E-state index in [0.717, 1.165) is 11.3 Å². The predicted molar refractivity (Wildman–Crippen MR) is 71.2 cm³/mol. The minimum atomic E-state index is -0.233. The molecule has 92 valence electrons. The molecule has 0 spiro atoms. The summed E-state index contributed by atoms with van der Waals surface area (Å²) < 4.78 is 0. The van der Waals surface area contributed by atoms with Gasteiger partial charge >= 0.3 is 0 Å². The van der Waals surface area contributed by atoms with Crippen LogP contribution in [0, 0.1) is 0 Å². The highest BCUT2D eigenvalue weighted by atomic mass is 16.1. The molecule has 0 radical (unpaired) electrons. The van der Waals surface area contributed by atoms with Gasteiger partial charge in [0.2, 0.25) is 0 Å². The summed E-state index contributed by atoms with van der Waals surface area (Å²) in [5, 5.41) is 2.83. The first kappa shape index (κ1) is 12.3. The largest absolute Gasteiger partial charge is 0.324 e. The van der Waals surface area contributed by atoms with Crippen molar-refractivity contribution >= 4 is 11.6 Å². The van der Waals surface area contributed by atoms with Crippen LogP contribution in [-0.4, -0.2) is 10.9 Å². The lowest BCUT2D eigenvalue weighted by atomic mass is 10.1. The van der Waals surface area contributed by atoms with E-state index in [4.69, 9.17) is 5.73 Å². The molecule has 4 heteroatoms. The third-order valence-electron chi connectivity index (χ3n) is 2.60. The predicted octanol–water partition coefficient (Wildman–Crippen LogP) is 2.35. The van der Waals surface area contributed by atoms with Crippen molar-refractivity contribution in [2.24, 2.45) is 5.73 Å². The third kappa shape index (κ3) is 2.73. The normalized spacial score (nSPS) is 11.9. The number of carbonyl (C=O) groups excluding carboxylic acids is 1. The summed E-state index contributed by atoms with van der Waals surface area (Å²) in [6.45, 7) is 1.88. The van der Waals surface area contributed by atoms with E-state index in [1.165, 1.54) is 0 Å². The lowest BCUT2D eigenvalue weighted by molar-refractivity contribution is 0.102. The van der Waals surface area contributed by atoms with Crippen LogP contribution in [0.2, 0.25) is 0 Å². The number of amides is 1. The monoisotopic (exact) mass is 241 g/mol. The molecule has 0 aliphatic heterocycles. The van der Waals surface area contributed by atoms with Crippen molar-refractivity contribution in [3.8, 4) is 0 Å². The Labute approximate surface area is 106 Å². The quantitative estimate of drug-likeness (QED) is 0.866. The maximum absolute atomic E-state index is 12.0. The van der Waals surface area contributed by atoms with E-state index in [1.54, 1.807) is 24.4 Å². The molecule has 2 rings (SSSR count). The van der Waals surface area contributed by atoms with Gasteiger partial charge in [0, 0.05) is 17.9 Å². The summed E-state index contributed by atoms with van der Waals surface area (Å²) >= 11 is 0.